The van der Waals surface area contributed by atoms with Crippen molar-refractivity contribution in [3.8, 4) is 6.07 Å². The first-order valence-electron chi connectivity index (χ1n) is 4.70. The minimum Gasteiger partial charge on any atom is -0.324 e. The van der Waals surface area contributed by atoms with Crippen LogP contribution in [-0.4, -0.2) is 0 Å². The smallest absolute Gasteiger partial charge is 0.0995 e. The van der Waals surface area contributed by atoms with E-state index in [0.717, 1.165) is 30.4 Å². The molecular formula is C11H11ClN2. The quantitative estimate of drug-likeness (QED) is 0.709. The Hall–Kier alpha value is -1.04. The predicted octanol–water partition coefficient (Wildman–Crippen LogP) is 2.55. The Morgan fingerprint density at radius 3 is 3.00 bits per heavy atom. The highest BCUT2D eigenvalue weighted by molar-refractivity contribution is 6.30. The maximum Gasteiger partial charge on any atom is 0.0995 e. The molecule has 0 saturated heterocycles. The van der Waals surface area contributed by atoms with E-state index in [1.54, 1.807) is 6.07 Å². The van der Waals surface area contributed by atoms with E-state index in [0.29, 0.717) is 10.6 Å². The molecule has 1 aromatic carbocycles. The Morgan fingerprint density at radius 1 is 1.50 bits per heavy atom. The second kappa shape index (κ2) is 3.61. The highest BCUT2D eigenvalue weighted by atomic mass is 35.5. The average Bonchev–Trinajstić information content (AvgIpc) is 2.16. The van der Waals surface area contributed by atoms with Crippen molar-refractivity contribution in [2.24, 2.45) is 5.73 Å². The highest BCUT2D eigenvalue weighted by Gasteiger charge is 2.20. The number of aryl methyl sites for hydroxylation is 1. The first kappa shape index (κ1) is 9.51. The van der Waals surface area contributed by atoms with Gasteiger partial charge in [0.2, 0.25) is 0 Å². The van der Waals surface area contributed by atoms with Crippen LogP contribution in [0.5, 0.6) is 0 Å². The van der Waals surface area contributed by atoms with Crippen LogP contribution in [0.1, 0.15) is 35.6 Å². The van der Waals surface area contributed by atoms with Crippen LogP contribution in [0, 0.1) is 11.3 Å². The molecule has 0 aliphatic heterocycles. The lowest BCUT2D eigenvalue weighted by molar-refractivity contribution is 0.569. The molecule has 0 radical (unpaired) electrons. The van der Waals surface area contributed by atoms with Gasteiger partial charge in [-0.15, -0.1) is 0 Å². The molecular weight excluding hydrogens is 196 g/mol. The third-order valence-corrected chi connectivity index (χ3v) is 2.90. The monoisotopic (exact) mass is 206 g/mol. The van der Waals surface area contributed by atoms with Crippen LogP contribution in [-0.2, 0) is 6.42 Å². The lowest BCUT2D eigenvalue weighted by Gasteiger charge is -2.23. The summed E-state index contributed by atoms with van der Waals surface area (Å²) in [5.74, 6) is 0. The van der Waals surface area contributed by atoms with Crippen LogP contribution >= 0.6 is 11.6 Å². The van der Waals surface area contributed by atoms with Crippen molar-refractivity contribution in [3.63, 3.8) is 0 Å². The third-order valence-electron chi connectivity index (χ3n) is 2.68. The van der Waals surface area contributed by atoms with Crippen LogP contribution in [0.3, 0.4) is 0 Å². The van der Waals surface area contributed by atoms with E-state index in [9.17, 15) is 0 Å². The lowest BCUT2D eigenvalue weighted by atomic mass is 9.85. The first-order valence-corrected chi connectivity index (χ1v) is 5.08. The molecule has 0 amide bonds. The molecule has 1 aliphatic carbocycles. The van der Waals surface area contributed by atoms with E-state index in [2.05, 4.69) is 6.07 Å². The molecule has 0 spiro atoms. The lowest BCUT2D eigenvalue weighted by Crippen LogP contribution is -2.18. The summed E-state index contributed by atoms with van der Waals surface area (Å²) in [6.07, 6.45) is 3.03. The number of halogens is 1. The van der Waals surface area contributed by atoms with Crippen molar-refractivity contribution in [1.29, 1.82) is 5.26 Å². The zero-order chi connectivity index (χ0) is 10.1. The van der Waals surface area contributed by atoms with E-state index in [-0.39, 0.29) is 6.04 Å². The van der Waals surface area contributed by atoms with E-state index in [4.69, 9.17) is 22.6 Å². The molecule has 14 heavy (non-hydrogen) atoms. The Morgan fingerprint density at radius 2 is 2.29 bits per heavy atom. The number of rotatable bonds is 0. The number of nitrogens with zero attached hydrogens (tertiary/aromatic N) is 1. The molecule has 1 aliphatic rings. The second-order valence-corrected chi connectivity index (χ2v) is 4.07. The van der Waals surface area contributed by atoms with Gasteiger partial charge in [-0.05, 0) is 42.5 Å². The van der Waals surface area contributed by atoms with Crippen LogP contribution in [0.15, 0.2) is 12.1 Å². The van der Waals surface area contributed by atoms with Crippen molar-refractivity contribution in [1.82, 2.24) is 0 Å². The average molecular weight is 207 g/mol. The Kier molecular flexibility index (Phi) is 2.45. The molecule has 0 saturated carbocycles. The molecule has 0 aromatic heterocycles. The minimum absolute atomic E-state index is 0.00525. The number of hydrogen-bond donors (Lipinski definition) is 1. The molecule has 2 rings (SSSR count). The summed E-state index contributed by atoms with van der Waals surface area (Å²) in [6.45, 7) is 0. The van der Waals surface area contributed by atoms with Gasteiger partial charge < -0.3 is 5.73 Å². The van der Waals surface area contributed by atoms with Gasteiger partial charge in [0.1, 0.15) is 0 Å². The molecule has 72 valence electrons. The summed E-state index contributed by atoms with van der Waals surface area (Å²) < 4.78 is 0. The maximum absolute atomic E-state index is 8.97. The van der Waals surface area contributed by atoms with Crippen molar-refractivity contribution < 1.29 is 0 Å². The van der Waals surface area contributed by atoms with Gasteiger partial charge in [-0.3, -0.25) is 0 Å². The molecule has 0 heterocycles. The predicted molar refractivity (Wildman–Crippen MR) is 56.0 cm³/mol. The van der Waals surface area contributed by atoms with Crippen LogP contribution in [0.4, 0.5) is 0 Å². The SMILES string of the molecule is N#Cc1cc(Cl)cc2c1[C@@H](N)CCC2. The zero-order valence-electron chi connectivity index (χ0n) is 7.76. The Bertz CT molecular complexity index is 406. The zero-order valence-corrected chi connectivity index (χ0v) is 8.51. The summed E-state index contributed by atoms with van der Waals surface area (Å²) in [5, 5.41) is 9.61. The van der Waals surface area contributed by atoms with E-state index in [1.807, 2.05) is 6.07 Å². The van der Waals surface area contributed by atoms with Crippen molar-refractivity contribution in [3.05, 3.63) is 33.8 Å². The maximum atomic E-state index is 8.97. The number of hydrogen-bond acceptors (Lipinski definition) is 2. The summed E-state index contributed by atoms with van der Waals surface area (Å²) in [4.78, 5) is 0. The van der Waals surface area contributed by atoms with E-state index in [1.165, 1.54) is 0 Å². The van der Waals surface area contributed by atoms with E-state index < -0.39 is 0 Å². The van der Waals surface area contributed by atoms with Crippen molar-refractivity contribution in [2.45, 2.75) is 25.3 Å². The number of benzene rings is 1. The van der Waals surface area contributed by atoms with Gasteiger partial charge in [0.15, 0.2) is 0 Å². The molecule has 0 unspecified atom stereocenters. The fourth-order valence-electron chi connectivity index (χ4n) is 2.07. The van der Waals surface area contributed by atoms with E-state index >= 15 is 0 Å². The molecule has 2 N–H and O–H groups in total. The van der Waals surface area contributed by atoms with Crippen LogP contribution in [0.25, 0.3) is 0 Å². The molecule has 1 aromatic rings. The standard InChI is InChI=1S/C11H11ClN2/c12-9-4-7-2-1-3-10(14)11(7)8(5-9)6-13/h4-5,10H,1-3,14H2/t10-/m0/s1. The Labute approximate surface area is 88.3 Å². The molecule has 2 nitrogen and oxygen atoms in total. The minimum atomic E-state index is 0.00525. The number of fused-ring (bicyclic) bond motifs is 1. The summed E-state index contributed by atoms with van der Waals surface area (Å²) >= 11 is 5.92. The molecule has 3 heteroatoms. The van der Waals surface area contributed by atoms with Gasteiger partial charge >= 0.3 is 0 Å². The van der Waals surface area contributed by atoms with Gasteiger partial charge in [-0.1, -0.05) is 11.6 Å². The van der Waals surface area contributed by atoms with Gasteiger partial charge in [0.05, 0.1) is 11.6 Å². The Balaban J connectivity index is 2.63. The third kappa shape index (κ3) is 1.50. The fraction of sp³-hybridized carbons (Fsp3) is 0.364. The van der Waals surface area contributed by atoms with Gasteiger partial charge in [0, 0.05) is 11.1 Å². The number of nitrogens with two attached hydrogens (primary N) is 1. The topological polar surface area (TPSA) is 49.8 Å². The van der Waals surface area contributed by atoms with Crippen molar-refractivity contribution >= 4 is 11.6 Å². The normalized spacial score (nSPS) is 19.9. The largest absolute Gasteiger partial charge is 0.324 e. The molecule has 1 atom stereocenters. The molecule has 0 fully saturated rings. The summed E-state index contributed by atoms with van der Waals surface area (Å²) in [6, 6.07) is 5.79. The van der Waals surface area contributed by atoms with Crippen LogP contribution < -0.4 is 5.73 Å². The van der Waals surface area contributed by atoms with Gasteiger partial charge in [0.25, 0.3) is 0 Å². The van der Waals surface area contributed by atoms with Crippen molar-refractivity contribution in [2.75, 3.05) is 0 Å². The summed E-state index contributed by atoms with van der Waals surface area (Å²) in [7, 11) is 0. The second-order valence-electron chi connectivity index (χ2n) is 3.64. The summed E-state index contributed by atoms with van der Waals surface area (Å²) in [5.41, 5.74) is 8.77. The highest BCUT2D eigenvalue weighted by Crippen LogP contribution is 2.32. The molecule has 0 bridgehead atoms. The van der Waals surface area contributed by atoms with Gasteiger partial charge in [-0.2, -0.15) is 5.26 Å². The number of nitriles is 1. The van der Waals surface area contributed by atoms with Crippen LogP contribution in [0.2, 0.25) is 5.02 Å². The fourth-order valence-corrected chi connectivity index (χ4v) is 2.31. The van der Waals surface area contributed by atoms with Gasteiger partial charge in [-0.25, -0.2) is 0 Å². The first-order chi connectivity index (χ1) is 6.72.